The summed E-state index contributed by atoms with van der Waals surface area (Å²) in [5.41, 5.74) is 2.65. The number of aryl methyl sites for hydroxylation is 1. The first-order chi connectivity index (χ1) is 12.7. The number of carbonyl (C=O) groups excluding carboxylic acids is 1. The van der Waals surface area contributed by atoms with Gasteiger partial charge >= 0.3 is 0 Å². The fraction of sp³-hybridized carbons (Fsp3) is 0.316. The van der Waals surface area contributed by atoms with Gasteiger partial charge in [-0.15, -0.1) is 0 Å². The minimum Gasteiger partial charge on any atom is -0.480 e. The Morgan fingerprint density at radius 2 is 1.78 bits per heavy atom. The van der Waals surface area contributed by atoms with E-state index in [9.17, 15) is 13.2 Å². The maximum atomic E-state index is 12.3. The van der Waals surface area contributed by atoms with Crippen LogP contribution in [0.15, 0.2) is 46.9 Å². The second kappa shape index (κ2) is 9.34. The summed E-state index contributed by atoms with van der Waals surface area (Å²) in [6, 6.07) is 12.7. The van der Waals surface area contributed by atoms with Crippen LogP contribution in [0.4, 0.5) is 0 Å². The van der Waals surface area contributed by atoms with E-state index in [1.165, 1.54) is 7.05 Å². The molecule has 0 bridgehead atoms. The molecule has 0 aliphatic heterocycles. The minimum absolute atomic E-state index is 0.0769. The second-order valence-corrected chi connectivity index (χ2v) is 8.97. The third-order valence-electron chi connectivity index (χ3n) is 3.92. The number of nitrogens with one attached hydrogen (secondary N) is 2. The Morgan fingerprint density at radius 1 is 1.15 bits per heavy atom. The zero-order valence-corrected chi connectivity index (χ0v) is 17.9. The van der Waals surface area contributed by atoms with Crippen LogP contribution in [-0.4, -0.2) is 27.5 Å². The molecule has 0 saturated heterocycles. The average molecular weight is 455 g/mol. The Hall–Kier alpha value is -1.90. The number of ether oxygens (including phenoxy) is 1. The highest BCUT2D eigenvalue weighted by molar-refractivity contribution is 9.10. The first kappa shape index (κ1) is 21.4. The number of halogens is 1. The number of hydrogen-bond donors (Lipinski definition) is 2. The number of carbonyl (C=O) groups is 1. The van der Waals surface area contributed by atoms with Gasteiger partial charge in [0.1, 0.15) is 5.75 Å². The third-order valence-corrected chi connectivity index (χ3v) is 5.87. The lowest BCUT2D eigenvalue weighted by atomic mass is 10.1. The van der Waals surface area contributed by atoms with E-state index in [4.69, 9.17) is 4.74 Å². The van der Waals surface area contributed by atoms with Gasteiger partial charge in [-0.1, -0.05) is 30.3 Å². The Kier molecular flexibility index (Phi) is 7.41. The van der Waals surface area contributed by atoms with E-state index in [1.807, 2.05) is 25.1 Å². The Balaban J connectivity index is 1.89. The molecule has 1 atom stereocenters. The van der Waals surface area contributed by atoms with E-state index in [2.05, 4.69) is 26.0 Å². The molecule has 0 fully saturated rings. The van der Waals surface area contributed by atoms with Crippen molar-refractivity contribution in [3.63, 3.8) is 0 Å². The standard InChI is InChI=1S/C19H23BrN2O4S/c1-13-4-9-18(17(20)10-13)26-14(2)19(23)22-11-15-5-7-16(8-6-15)12-27(24,25)21-3/h4-10,14,21H,11-12H2,1-3H3,(H,22,23). The number of hydrogen-bond acceptors (Lipinski definition) is 4. The summed E-state index contributed by atoms with van der Waals surface area (Å²) in [5, 5.41) is 2.82. The molecule has 146 valence electrons. The molecule has 2 N–H and O–H groups in total. The molecule has 2 aromatic carbocycles. The van der Waals surface area contributed by atoms with Gasteiger partial charge in [0.05, 0.1) is 10.2 Å². The van der Waals surface area contributed by atoms with Gasteiger partial charge in [-0.2, -0.15) is 0 Å². The molecule has 1 unspecified atom stereocenters. The van der Waals surface area contributed by atoms with Gasteiger partial charge < -0.3 is 10.1 Å². The van der Waals surface area contributed by atoms with Gasteiger partial charge in [0, 0.05) is 6.54 Å². The first-order valence-electron chi connectivity index (χ1n) is 8.40. The summed E-state index contributed by atoms with van der Waals surface area (Å²) >= 11 is 3.43. The lowest BCUT2D eigenvalue weighted by Crippen LogP contribution is -2.36. The van der Waals surface area contributed by atoms with E-state index in [1.54, 1.807) is 31.2 Å². The summed E-state index contributed by atoms with van der Waals surface area (Å²) in [7, 11) is -1.91. The van der Waals surface area contributed by atoms with Gasteiger partial charge in [-0.05, 0) is 65.6 Å². The molecule has 8 heteroatoms. The number of sulfonamides is 1. The number of rotatable bonds is 8. The van der Waals surface area contributed by atoms with Gasteiger partial charge in [0.2, 0.25) is 10.0 Å². The van der Waals surface area contributed by atoms with Crippen molar-refractivity contribution >= 4 is 31.9 Å². The molecule has 0 spiro atoms. The van der Waals surface area contributed by atoms with Crippen LogP contribution in [0.2, 0.25) is 0 Å². The fourth-order valence-corrected chi connectivity index (χ4v) is 3.69. The molecule has 2 rings (SSSR count). The molecule has 0 heterocycles. The van der Waals surface area contributed by atoms with E-state index in [0.29, 0.717) is 17.9 Å². The third kappa shape index (κ3) is 6.64. The fourth-order valence-electron chi connectivity index (χ4n) is 2.32. The van der Waals surface area contributed by atoms with Gasteiger partial charge in [0.25, 0.3) is 5.91 Å². The molecule has 27 heavy (non-hydrogen) atoms. The van der Waals surface area contributed by atoms with Gasteiger partial charge in [-0.25, -0.2) is 13.1 Å². The van der Waals surface area contributed by atoms with Crippen molar-refractivity contribution in [1.29, 1.82) is 0 Å². The predicted molar refractivity (Wildman–Crippen MR) is 109 cm³/mol. The van der Waals surface area contributed by atoms with Crippen LogP contribution in [0.5, 0.6) is 5.75 Å². The Bertz CT molecular complexity index is 898. The average Bonchev–Trinajstić information content (AvgIpc) is 2.63. The topological polar surface area (TPSA) is 84.5 Å². The van der Waals surface area contributed by atoms with Gasteiger partial charge in [0.15, 0.2) is 6.10 Å². The molecule has 0 aromatic heterocycles. The monoisotopic (exact) mass is 454 g/mol. The maximum Gasteiger partial charge on any atom is 0.261 e. The van der Waals surface area contributed by atoms with Crippen molar-refractivity contribution in [2.45, 2.75) is 32.2 Å². The quantitative estimate of drug-likeness (QED) is 0.641. The zero-order valence-electron chi connectivity index (χ0n) is 15.5. The summed E-state index contributed by atoms with van der Waals surface area (Å²) in [6.07, 6.45) is -0.649. The molecule has 0 aliphatic rings. The van der Waals surface area contributed by atoms with Crippen molar-refractivity contribution in [3.8, 4) is 5.75 Å². The normalized spacial score (nSPS) is 12.4. The van der Waals surface area contributed by atoms with Crippen molar-refractivity contribution in [2.24, 2.45) is 0 Å². The van der Waals surface area contributed by atoms with E-state index >= 15 is 0 Å². The smallest absolute Gasteiger partial charge is 0.261 e. The van der Waals surface area contributed by atoms with E-state index < -0.39 is 16.1 Å². The molecule has 0 radical (unpaired) electrons. The highest BCUT2D eigenvalue weighted by atomic mass is 79.9. The molecule has 1 amide bonds. The number of amides is 1. The van der Waals surface area contributed by atoms with Crippen LogP contribution in [0.25, 0.3) is 0 Å². The van der Waals surface area contributed by atoms with Crippen LogP contribution in [0, 0.1) is 6.92 Å². The summed E-state index contributed by atoms with van der Waals surface area (Å²) < 4.78 is 31.9. The molecule has 0 aliphatic carbocycles. The lowest BCUT2D eigenvalue weighted by molar-refractivity contribution is -0.127. The van der Waals surface area contributed by atoms with Crippen LogP contribution in [0.3, 0.4) is 0 Å². The van der Waals surface area contributed by atoms with Gasteiger partial charge in [-0.3, -0.25) is 4.79 Å². The zero-order chi connectivity index (χ0) is 20.0. The summed E-state index contributed by atoms with van der Waals surface area (Å²) in [6.45, 7) is 4.00. The summed E-state index contributed by atoms with van der Waals surface area (Å²) in [5.74, 6) is 0.301. The first-order valence-corrected chi connectivity index (χ1v) is 10.8. The largest absolute Gasteiger partial charge is 0.480 e. The van der Waals surface area contributed by atoms with Crippen molar-refractivity contribution in [3.05, 3.63) is 63.6 Å². The molecular formula is C19H23BrN2O4S. The molecule has 6 nitrogen and oxygen atoms in total. The Morgan fingerprint density at radius 3 is 2.37 bits per heavy atom. The lowest BCUT2D eigenvalue weighted by Gasteiger charge is -2.16. The SMILES string of the molecule is CNS(=O)(=O)Cc1ccc(CNC(=O)C(C)Oc2ccc(C)cc2Br)cc1. The molecular weight excluding hydrogens is 432 g/mol. The molecule has 0 saturated carbocycles. The number of benzene rings is 2. The maximum absolute atomic E-state index is 12.3. The van der Waals surface area contributed by atoms with Crippen LogP contribution in [0.1, 0.15) is 23.6 Å². The highest BCUT2D eigenvalue weighted by Gasteiger charge is 2.16. The molecule has 2 aromatic rings. The minimum atomic E-state index is -3.30. The predicted octanol–water partition coefficient (Wildman–Crippen LogP) is 2.89. The summed E-state index contributed by atoms with van der Waals surface area (Å²) in [4.78, 5) is 12.3. The Labute approximate surface area is 168 Å². The van der Waals surface area contributed by atoms with Crippen molar-refractivity contribution < 1.29 is 17.9 Å². The van der Waals surface area contributed by atoms with Crippen LogP contribution in [-0.2, 0) is 27.1 Å². The highest BCUT2D eigenvalue weighted by Crippen LogP contribution is 2.26. The van der Waals surface area contributed by atoms with Crippen molar-refractivity contribution in [1.82, 2.24) is 10.0 Å². The second-order valence-electron chi connectivity index (χ2n) is 6.19. The van der Waals surface area contributed by atoms with E-state index in [-0.39, 0.29) is 11.7 Å². The van der Waals surface area contributed by atoms with Crippen LogP contribution >= 0.6 is 15.9 Å². The van der Waals surface area contributed by atoms with Crippen molar-refractivity contribution in [2.75, 3.05) is 7.05 Å². The van der Waals surface area contributed by atoms with Crippen LogP contribution < -0.4 is 14.8 Å². The van der Waals surface area contributed by atoms with E-state index in [0.717, 1.165) is 15.6 Å².